The molecule has 0 radical (unpaired) electrons. The van der Waals surface area contributed by atoms with E-state index in [-0.39, 0.29) is 6.61 Å². The monoisotopic (exact) mass is 256 g/mol. The van der Waals surface area contributed by atoms with Crippen molar-refractivity contribution in [2.75, 3.05) is 0 Å². The molecule has 16 heavy (non-hydrogen) atoms. The van der Waals surface area contributed by atoms with Crippen molar-refractivity contribution in [3.05, 3.63) is 40.1 Å². The molecule has 0 fully saturated rings. The first kappa shape index (κ1) is 11.5. The topological polar surface area (TPSA) is 38.0 Å². The molecule has 0 saturated heterocycles. The van der Waals surface area contributed by atoms with Gasteiger partial charge >= 0.3 is 0 Å². The zero-order valence-corrected chi connectivity index (χ0v) is 10.1. The Balaban J connectivity index is 2.62. The third-order valence-corrected chi connectivity index (χ3v) is 2.99. The molecule has 2 aromatic rings. The van der Waals surface area contributed by atoms with Gasteiger partial charge in [0.1, 0.15) is 0 Å². The Morgan fingerprint density at radius 2 is 2.06 bits per heavy atom. The van der Waals surface area contributed by atoms with Gasteiger partial charge in [0, 0.05) is 28.2 Å². The number of hydrogen-bond donors (Lipinski definition) is 1. The number of benzene rings is 1. The zero-order chi connectivity index (χ0) is 11.7. The molecule has 1 heterocycles. The summed E-state index contributed by atoms with van der Waals surface area (Å²) in [5.74, 6) is 0. The number of aliphatic hydroxyl groups excluding tert-OH is 1. The molecule has 0 aliphatic heterocycles. The highest BCUT2D eigenvalue weighted by Crippen LogP contribution is 2.32. The van der Waals surface area contributed by atoms with Crippen LogP contribution in [0.25, 0.3) is 11.1 Å². The average molecular weight is 257 g/mol. The van der Waals surface area contributed by atoms with Crippen LogP contribution < -0.4 is 0 Å². The van der Waals surface area contributed by atoms with Crippen molar-refractivity contribution in [2.24, 2.45) is 7.05 Å². The lowest BCUT2D eigenvalue weighted by Gasteiger charge is -2.05. The minimum absolute atomic E-state index is 0.0886. The third-order valence-electron chi connectivity index (χ3n) is 2.43. The molecule has 3 nitrogen and oxygen atoms in total. The second-order valence-corrected chi connectivity index (χ2v) is 4.25. The van der Waals surface area contributed by atoms with Crippen LogP contribution in [0.15, 0.2) is 24.4 Å². The fourth-order valence-electron chi connectivity index (χ4n) is 1.58. The fourth-order valence-corrected chi connectivity index (χ4v) is 1.97. The Kier molecular flexibility index (Phi) is 3.19. The van der Waals surface area contributed by atoms with Gasteiger partial charge in [0.05, 0.1) is 18.5 Å². The second kappa shape index (κ2) is 4.45. The molecule has 0 amide bonds. The minimum Gasteiger partial charge on any atom is -0.390 e. The second-order valence-electron chi connectivity index (χ2n) is 3.41. The SMILES string of the molecule is Cn1ncc(-c2cc(Cl)ccc2Cl)c1CO. The van der Waals surface area contributed by atoms with E-state index in [9.17, 15) is 5.11 Å². The molecule has 0 unspecified atom stereocenters. The van der Waals surface area contributed by atoms with Crippen molar-refractivity contribution < 1.29 is 5.11 Å². The molecule has 2 rings (SSSR count). The highest BCUT2D eigenvalue weighted by atomic mass is 35.5. The molecule has 84 valence electrons. The molecule has 1 N–H and O–H groups in total. The molecule has 1 aromatic carbocycles. The lowest BCUT2D eigenvalue weighted by molar-refractivity contribution is 0.271. The van der Waals surface area contributed by atoms with Crippen LogP contribution in [-0.4, -0.2) is 14.9 Å². The molecule has 0 atom stereocenters. The van der Waals surface area contributed by atoms with Gasteiger partial charge in [0.25, 0.3) is 0 Å². The van der Waals surface area contributed by atoms with Gasteiger partial charge in [0.15, 0.2) is 0 Å². The largest absolute Gasteiger partial charge is 0.390 e. The van der Waals surface area contributed by atoms with Crippen LogP contribution in [0.1, 0.15) is 5.69 Å². The summed E-state index contributed by atoms with van der Waals surface area (Å²) >= 11 is 12.0. The van der Waals surface area contributed by atoms with Gasteiger partial charge in [-0.05, 0) is 18.2 Å². The van der Waals surface area contributed by atoms with Gasteiger partial charge < -0.3 is 5.11 Å². The van der Waals surface area contributed by atoms with Gasteiger partial charge in [-0.3, -0.25) is 4.68 Å². The molecule has 0 bridgehead atoms. The summed E-state index contributed by atoms with van der Waals surface area (Å²) in [7, 11) is 1.77. The molecular formula is C11H10Cl2N2O. The summed E-state index contributed by atoms with van der Waals surface area (Å²) in [4.78, 5) is 0. The first-order valence-corrected chi connectivity index (χ1v) is 5.46. The lowest BCUT2D eigenvalue weighted by Crippen LogP contribution is -1.98. The maximum Gasteiger partial charge on any atom is 0.0856 e. The summed E-state index contributed by atoms with van der Waals surface area (Å²) in [6, 6.07) is 5.22. The van der Waals surface area contributed by atoms with E-state index in [0.717, 1.165) is 11.1 Å². The first-order valence-electron chi connectivity index (χ1n) is 4.70. The number of hydrogen-bond acceptors (Lipinski definition) is 2. The molecule has 0 aliphatic rings. The lowest BCUT2D eigenvalue weighted by atomic mass is 10.1. The van der Waals surface area contributed by atoms with Gasteiger partial charge in [-0.15, -0.1) is 0 Å². The highest BCUT2D eigenvalue weighted by molar-refractivity contribution is 6.35. The molecule has 0 aliphatic carbocycles. The Morgan fingerprint density at radius 1 is 1.31 bits per heavy atom. The molecule has 0 saturated carbocycles. The van der Waals surface area contributed by atoms with Gasteiger partial charge in [-0.1, -0.05) is 23.2 Å². The Morgan fingerprint density at radius 3 is 2.75 bits per heavy atom. The van der Waals surface area contributed by atoms with Crippen molar-refractivity contribution >= 4 is 23.2 Å². The van der Waals surface area contributed by atoms with Gasteiger partial charge in [0.2, 0.25) is 0 Å². The predicted molar refractivity (Wildman–Crippen MR) is 64.6 cm³/mol. The standard InChI is InChI=1S/C11H10Cl2N2O/c1-15-11(6-16)9(5-14-15)8-4-7(12)2-3-10(8)13/h2-5,16H,6H2,1H3. The molecule has 5 heteroatoms. The maximum absolute atomic E-state index is 9.27. The maximum atomic E-state index is 9.27. The molecule has 0 spiro atoms. The third kappa shape index (κ3) is 1.94. The highest BCUT2D eigenvalue weighted by Gasteiger charge is 2.12. The van der Waals surface area contributed by atoms with E-state index in [0.29, 0.717) is 15.7 Å². The van der Waals surface area contributed by atoms with Crippen molar-refractivity contribution in [2.45, 2.75) is 6.61 Å². The first-order chi connectivity index (χ1) is 7.63. The van der Waals surface area contributed by atoms with Crippen LogP contribution in [-0.2, 0) is 13.7 Å². The summed E-state index contributed by atoms with van der Waals surface area (Å²) in [5.41, 5.74) is 2.30. The van der Waals surface area contributed by atoms with Crippen LogP contribution >= 0.6 is 23.2 Å². The van der Waals surface area contributed by atoms with Crippen LogP contribution in [0.4, 0.5) is 0 Å². The number of aliphatic hydroxyl groups is 1. The van der Waals surface area contributed by atoms with Crippen molar-refractivity contribution in [3.63, 3.8) is 0 Å². The molecule has 1 aromatic heterocycles. The Labute approximate surface area is 103 Å². The van der Waals surface area contributed by atoms with Crippen molar-refractivity contribution in [3.8, 4) is 11.1 Å². The number of rotatable bonds is 2. The minimum atomic E-state index is -0.0886. The van der Waals surface area contributed by atoms with E-state index in [1.807, 2.05) is 0 Å². The fraction of sp³-hybridized carbons (Fsp3) is 0.182. The van der Waals surface area contributed by atoms with Gasteiger partial charge in [-0.25, -0.2) is 0 Å². The van der Waals surface area contributed by atoms with Crippen molar-refractivity contribution in [1.29, 1.82) is 0 Å². The summed E-state index contributed by atoms with van der Waals surface area (Å²) in [6.07, 6.45) is 1.67. The van der Waals surface area contributed by atoms with Crippen molar-refractivity contribution in [1.82, 2.24) is 9.78 Å². The average Bonchev–Trinajstić information content (AvgIpc) is 2.63. The number of aryl methyl sites for hydroxylation is 1. The van der Waals surface area contributed by atoms with E-state index in [1.54, 1.807) is 36.1 Å². The predicted octanol–water partition coefficient (Wildman–Crippen LogP) is 2.89. The summed E-state index contributed by atoms with van der Waals surface area (Å²) < 4.78 is 1.62. The number of aromatic nitrogens is 2. The summed E-state index contributed by atoms with van der Waals surface area (Å²) in [6.45, 7) is -0.0886. The Bertz CT molecular complexity index is 523. The van der Waals surface area contributed by atoms with E-state index in [2.05, 4.69) is 5.10 Å². The normalized spacial score (nSPS) is 10.8. The van der Waals surface area contributed by atoms with E-state index >= 15 is 0 Å². The summed E-state index contributed by atoms with van der Waals surface area (Å²) in [5, 5.41) is 14.6. The van der Waals surface area contributed by atoms with Crippen LogP contribution in [0.5, 0.6) is 0 Å². The van der Waals surface area contributed by atoms with Gasteiger partial charge in [-0.2, -0.15) is 5.10 Å². The van der Waals surface area contributed by atoms with E-state index in [1.165, 1.54) is 0 Å². The zero-order valence-electron chi connectivity index (χ0n) is 8.61. The Hall–Kier alpha value is -1.03. The van der Waals surface area contributed by atoms with E-state index in [4.69, 9.17) is 23.2 Å². The smallest absolute Gasteiger partial charge is 0.0856 e. The molecular weight excluding hydrogens is 247 g/mol. The van der Waals surface area contributed by atoms with Crippen LogP contribution in [0.2, 0.25) is 10.0 Å². The number of halogens is 2. The van der Waals surface area contributed by atoms with Crippen LogP contribution in [0.3, 0.4) is 0 Å². The van der Waals surface area contributed by atoms with E-state index < -0.39 is 0 Å². The van der Waals surface area contributed by atoms with Crippen LogP contribution in [0, 0.1) is 0 Å². The quantitative estimate of drug-likeness (QED) is 0.898. The number of nitrogens with zero attached hydrogens (tertiary/aromatic N) is 2.